The van der Waals surface area contributed by atoms with E-state index >= 15 is 0 Å². The zero-order valence-corrected chi connectivity index (χ0v) is 17.1. The summed E-state index contributed by atoms with van der Waals surface area (Å²) in [5.74, 6) is -1.21. The smallest absolute Gasteiger partial charge is 0.331 e. The van der Waals surface area contributed by atoms with E-state index in [0.717, 1.165) is 4.88 Å². The Balaban J connectivity index is 1.72. The molecule has 0 saturated heterocycles. The first-order chi connectivity index (χ1) is 13.9. The molecule has 0 aliphatic heterocycles. The van der Waals surface area contributed by atoms with Crippen molar-refractivity contribution < 1.29 is 14.3 Å². The second kappa shape index (κ2) is 8.74. The Bertz CT molecular complexity index is 1100. The average molecular weight is 411 g/mol. The summed E-state index contributed by atoms with van der Waals surface area (Å²) < 4.78 is 8.26. The van der Waals surface area contributed by atoms with Gasteiger partial charge >= 0.3 is 5.97 Å². The van der Waals surface area contributed by atoms with Crippen LogP contribution in [0.15, 0.2) is 58.7 Å². The van der Waals surface area contributed by atoms with Crippen LogP contribution in [0.5, 0.6) is 0 Å². The number of hydrogen-bond donors (Lipinski definition) is 1. The monoisotopic (exact) mass is 411 g/mol. The molecule has 3 aromatic rings. The lowest BCUT2D eigenvalue weighted by Crippen LogP contribution is -2.31. The molecule has 0 bridgehead atoms. The molecule has 1 unspecified atom stereocenters. The molecule has 2 heterocycles. The first-order valence-corrected chi connectivity index (χ1v) is 9.83. The van der Waals surface area contributed by atoms with Crippen molar-refractivity contribution in [2.45, 2.75) is 20.0 Å². The minimum absolute atomic E-state index is 0.151. The molecular weight excluding hydrogens is 390 g/mol. The molecule has 29 heavy (non-hydrogen) atoms. The van der Waals surface area contributed by atoms with Crippen LogP contribution in [-0.4, -0.2) is 27.3 Å². The summed E-state index contributed by atoms with van der Waals surface area (Å²) in [4.78, 5) is 38.1. The number of nitrogens with one attached hydrogen (secondary N) is 1. The Hall–Kier alpha value is -3.39. The van der Waals surface area contributed by atoms with Gasteiger partial charge in [0.25, 0.3) is 11.5 Å². The van der Waals surface area contributed by atoms with E-state index in [-0.39, 0.29) is 11.2 Å². The van der Waals surface area contributed by atoms with Crippen molar-refractivity contribution >= 4 is 35.0 Å². The molecule has 0 fully saturated rings. The molecule has 0 saturated carbocycles. The van der Waals surface area contributed by atoms with Crippen LogP contribution in [0.25, 0.3) is 11.8 Å². The first-order valence-electron chi connectivity index (χ1n) is 8.95. The van der Waals surface area contributed by atoms with Gasteiger partial charge in [0.2, 0.25) is 0 Å². The van der Waals surface area contributed by atoms with Gasteiger partial charge in [-0.1, -0.05) is 24.3 Å². The lowest BCUT2D eigenvalue weighted by molar-refractivity contribution is -0.148. The van der Waals surface area contributed by atoms with Crippen molar-refractivity contribution in [1.82, 2.24) is 9.36 Å². The summed E-state index contributed by atoms with van der Waals surface area (Å²) in [6.07, 6.45) is 1.84. The third kappa shape index (κ3) is 4.55. The molecular formula is C21H21N3O4S. The Kier molecular flexibility index (Phi) is 6.13. The summed E-state index contributed by atoms with van der Waals surface area (Å²) in [5.41, 5.74) is 1.06. The number of carbonyl (C=O) groups is 2. The molecule has 150 valence electrons. The fourth-order valence-electron chi connectivity index (χ4n) is 2.74. The zero-order valence-electron chi connectivity index (χ0n) is 16.3. The highest BCUT2D eigenvalue weighted by molar-refractivity contribution is 7.10. The molecule has 0 radical (unpaired) electrons. The molecule has 0 spiro atoms. The predicted octanol–water partition coefficient (Wildman–Crippen LogP) is 3.13. The van der Waals surface area contributed by atoms with Gasteiger partial charge in [-0.3, -0.25) is 14.3 Å². The number of benzene rings is 1. The largest absolute Gasteiger partial charge is 0.449 e. The van der Waals surface area contributed by atoms with Crippen LogP contribution in [-0.2, 0) is 21.4 Å². The lowest BCUT2D eigenvalue weighted by Gasteiger charge is -2.11. The van der Waals surface area contributed by atoms with Crippen molar-refractivity contribution in [3.8, 4) is 5.69 Å². The van der Waals surface area contributed by atoms with E-state index in [1.165, 1.54) is 29.0 Å². The number of thiophene rings is 1. The fraction of sp³-hybridized carbons (Fsp3) is 0.190. The number of anilines is 1. The molecule has 0 aliphatic rings. The second-order valence-corrected chi connectivity index (χ2v) is 7.33. The van der Waals surface area contributed by atoms with Gasteiger partial charge in [0, 0.05) is 18.0 Å². The molecule has 0 aliphatic carbocycles. The van der Waals surface area contributed by atoms with Crippen LogP contribution in [0, 0.1) is 6.92 Å². The highest BCUT2D eigenvalue weighted by atomic mass is 32.1. The molecule has 1 amide bonds. The molecule has 1 aromatic carbocycles. The van der Waals surface area contributed by atoms with Crippen molar-refractivity contribution in [2.75, 3.05) is 5.32 Å². The maximum absolute atomic E-state index is 12.8. The number of nitrogens with zero attached hydrogens (tertiary/aromatic N) is 2. The van der Waals surface area contributed by atoms with Gasteiger partial charge in [-0.05, 0) is 43.5 Å². The van der Waals surface area contributed by atoms with Crippen molar-refractivity contribution in [1.29, 1.82) is 0 Å². The number of carbonyl (C=O) groups excluding carboxylic acids is 2. The van der Waals surface area contributed by atoms with E-state index in [0.29, 0.717) is 11.4 Å². The number of para-hydroxylation sites is 1. The van der Waals surface area contributed by atoms with Crippen molar-refractivity contribution in [3.05, 3.63) is 74.8 Å². The van der Waals surface area contributed by atoms with Crippen LogP contribution < -0.4 is 10.9 Å². The van der Waals surface area contributed by atoms with Crippen molar-refractivity contribution in [2.24, 2.45) is 7.05 Å². The normalized spacial score (nSPS) is 12.1. The highest BCUT2D eigenvalue weighted by Crippen LogP contribution is 2.15. The molecule has 1 atom stereocenters. The number of esters is 1. The van der Waals surface area contributed by atoms with Crippen LogP contribution in [0.1, 0.15) is 17.5 Å². The van der Waals surface area contributed by atoms with Gasteiger partial charge in [0.1, 0.15) is 5.69 Å². The Morgan fingerprint density at radius 2 is 1.90 bits per heavy atom. The summed E-state index contributed by atoms with van der Waals surface area (Å²) in [6.45, 7) is 3.19. The molecule has 3 rings (SSSR count). The van der Waals surface area contributed by atoms with Crippen LogP contribution in [0.4, 0.5) is 5.69 Å². The van der Waals surface area contributed by atoms with Crippen LogP contribution in [0.3, 0.4) is 0 Å². The van der Waals surface area contributed by atoms with E-state index in [4.69, 9.17) is 4.74 Å². The maximum Gasteiger partial charge on any atom is 0.331 e. The summed E-state index contributed by atoms with van der Waals surface area (Å²) >= 11 is 1.48. The van der Waals surface area contributed by atoms with Gasteiger partial charge in [-0.2, -0.15) is 0 Å². The zero-order chi connectivity index (χ0) is 21.0. The van der Waals surface area contributed by atoms with Gasteiger partial charge in [-0.15, -0.1) is 11.3 Å². The fourth-order valence-corrected chi connectivity index (χ4v) is 3.36. The number of hydrogen-bond acceptors (Lipinski definition) is 5. The van der Waals surface area contributed by atoms with Gasteiger partial charge in [0.15, 0.2) is 6.10 Å². The lowest BCUT2D eigenvalue weighted by atomic mass is 10.3. The average Bonchev–Trinajstić information content (AvgIpc) is 3.30. The third-order valence-electron chi connectivity index (χ3n) is 4.39. The van der Waals surface area contributed by atoms with Crippen LogP contribution >= 0.6 is 11.3 Å². The minimum atomic E-state index is -1.06. The van der Waals surface area contributed by atoms with Crippen LogP contribution in [0.2, 0.25) is 0 Å². The topological polar surface area (TPSA) is 82.3 Å². The van der Waals surface area contributed by atoms with Gasteiger partial charge in [-0.25, -0.2) is 9.48 Å². The Morgan fingerprint density at radius 1 is 1.17 bits per heavy atom. The van der Waals surface area contributed by atoms with E-state index in [9.17, 15) is 14.4 Å². The summed E-state index contributed by atoms with van der Waals surface area (Å²) in [5, 5.41) is 4.49. The quantitative estimate of drug-likeness (QED) is 0.499. The highest BCUT2D eigenvalue weighted by Gasteiger charge is 2.22. The van der Waals surface area contributed by atoms with E-state index in [2.05, 4.69) is 5.32 Å². The van der Waals surface area contributed by atoms with E-state index < -0.39 is 18.0 Å². The maximum atomic E-state index is 12.8. The van der Waals surface area contributed by atoms with Gasteiger partial charge in [0.05, 0.1) is 11.4 Å². The Morgan fingerprint density at radius 3 is 2.55 bits per heavy atom. The third-order valence-corrected chi connectivity index (χ3v) is 5.23. The van der Waals surface area contributed by atoms with E-state index in [1.54, 1.807) is 36.9 Å². The molecule has 8 heteroatoms. The minimum Gasteiger partial charge on any atom is -0.449 e. The number of aromatic nitrogens is 2. The number of amides is 1. The Labute approximate surface area is 171 Å². The predicted molar refractivity (Wildman–Crippen MR) is 113 cm³/mol. The SMILES string of the molecule is Cc1c(NC(=O)C(C)OC(=O)/C=C/c2cccs2)c(=O)n(-c2ccccc2)n1C. The number of rotatable bonds is 6. The number of ether oxygens (including phenoxy) is 1. The first kappa shape index (κ1) is 20.3. The van der Waals surface area contributed by atoms with E-state index in [1.807, 2.05) is 35.7 Å². The molecule has 7 nitrogen and oxygen atoms in total. The summed E-state index contributed by atoms with van der Waals surface area (Å²) in [7, 11) is 1.73. The van der Waals surface area contributed by atoms with Crippen molar-refractivity contribution in [3.63, 3.8) is 0 Å². The molecule has 2 aromatic heterocycles. The summed E-state index contributed by atoms with van der Waals surface area (Å²) in [6, 6.07) is 12.8. The second-order valence-electron chi connectivity index (χ2n) is 6.35. The standard InChI is InChI=1S/C21H21N3O4S/c1-14-19(21(27)24(23(14)3)16-8-5-4-6-9-16)22-20(26)15(2)28-18(25)12-11-17-10-7-13-29-17/h4-13,15H,1-3H3,(H,22,26)/b12-11+. The van der Waals surface area contributed by atoms with Gasteiger partial charge < -0.3 is 10.1 Å². The molecule has 1 N–H and O–H groups in total.